The summed E-state index contributed by atoms with van der Waals surface area (Å²) < 4.78 is 2.28. The third-order valence-electron chi connectivity index (χ3n) is 4.79. The van der Waals surface area contributed by atoms with Gasteiger partial charge in [-0.2, -0.15) is 0 Å². The van der Waals surface area contributed by atoms with Crippen molar-refractivity contribution in [3.8, 4) is 0 Å². The van der Waals surface area contributed by atoms with Crippen molar-refractivity contribution in [1.82, 2.24) is 19.4 Å². The van der Waals surface area contributed by atoms with Gasteiger partial charge >= 0.3 is 0 Å². The number of aromatic nitrogens is 2. The van der Waals surface area contributed by atoms with Crippen LogP contribution in [0.5, 0.6) is 0 Å². The minimum atomic E-state index is 0.227. The van der Waals surface area contributed by atoms with Gasteiger partial charge in [0.25, 0.3) is 0 Å². The van der Waals surface area contributed by atoms with Crippen molar-refractivity contribution >= 4 is 28.7 Å². The number of amides is 1. The number of rotatable bonds is 7. The molecule has 1 saturated heterocycles. The number of likely N-dealkylation sites (N-methyl/N-ethyl adjacent to an activating group) is 1. The number of benzene rings is 1. The zero-order chi connectivity index (χ0) is 17.6. The smallest absolute Gasteiger partial charge is 0.233 e. The second-order valence-corrected chi connectivity index (χ2v) is 7.66. The summed E-state index contributed by atoms with van der Waals surface area (Å²) in [6, 6.07) is 8.26. The molecule has 0 atom stereocenters. The summed E-state index contributed by atoms with van der Waals surface area (Å²) in [7, 11) is 2.11. The van der Waals surface area contributed by atoms with Gasteiger partial charge < -0.3 is 14.4 Å². The van der Waals surface area contributed by atoms with Crippen LogP contribution in [0.25, 0.3) is 11.0 Å². The number of imidazole rings is 1. The number of fused-ring (bicyclic) bond motifs is 1. The summed E-state index contributed by atoms with van der Waals surface area (Å²) in [4.78, 5) is 21.5. The van der Waals surface area contributed by atoms with Crippen LogP contribution in [0.2, 0.25) is 0 Å². The van der Waals surface area contributed by atoms with Crippen LogP contribution in [-0.2, 0) is 11.3 Å². The van der Waals surface area contributed by atoms with Gasteiger partial charge in [-0.1, -0.05) is 43.7 Å². The van der Waals surface area contributed by atoms with Crippen molar-refractivity contribution in [3.05, 3.63) is 24.3 Å². The number of piperazine rings is 1. The Kier molecular flexibility index (Phi) is 6.37. The Morgan fingerprint density at radius 1 is 1.16 bits per heavy atom. The van der Waals surface area contributed by atoms with Crippen molar-refractivity contribution in [3.63, 3.8) is 0 Å². The first-order chi connectivity index (χ1) is 12.2. The van der Waals surface area contributed by atoms with E-state index in [9.17, 15) is 4.79 Å². The van der Waals surface area contributed by atoms with E-state index in [-0.39, 0.29) is 5.91 Å². The lowest BCUT2D eigenvalue weighted by atomic mass is 10.2. The van der Waals surface area contributed by atoms with E-state index >= 15 is 0 Å². The monoisotopic (exact) mass is 360 g/mol. The molecule has 0 N–H and O–H groups in total. The van der Waals surface area contributed by atoms with Gasteiger partial charge in [0, 0.05) is 32.7 Å². The molecule has 0 radical (unpaired) electrons. The fourth-order valence-corrected chi connectivity index (χ4v) is 4.12. The normalized spacial score (nSPS) is 15.8. The maximum absolute atomic E-state index is 12.5. The van der Waals surface area contributed by atoms with E-state index in [0.29, 0.717) is 5.75 Å². The number of hydrogen-bond donors (Lipinski definition) is 0. The van der Waals surface area contributed by atoms with Crippen molar-refractivity contribution < 1.29 is 4.79 Å². The molecule has 1 aliphatic heterocycles. The van der Waals surface area contributed by atoms with E-state index in [2.05, 4.69) is 41.6 Å². The predicted octanol–water partition coefficient (Wildman–Crippen LogP) is 3.09. The molecule has 0 spiro atoms. The van der Waals surface area contributed by atoms with Crippen LogP contribution in [-0.4, -0.2) is 64.2 Å². The minimum Gasteiger partial charge on any atom is -0.339 e. The van der Waals surface area contributed by atoms with Crippen LogP contribution in [0.1, 0.15) is 26.2 Å². The average molecular weight is 361 g/mol. The standard InChI is InChI=1S/C19H28N4OS/c1-3-4-7-10-23-17-9-6-5-8-16(17)20-19(23)25-15-18(24)22-13-11-21(2)12-14-22/h5-6,8-9H,3-4,7,10-15H2,1-2H3. The fourth-order valence-electron chi connectivity index (χ4n) is 3.17. The van der Waals surface area contributed by atoms with Crippen molar-refractivity contribution in [2.24, 2.45) is 0 Å². The summed E-state index contributed by atoms with van der Waals surface area (Å²) in [6.07, 6.45) is 3.57. The highest BCUT2D eigenvalue weighted by molar-refractivity contribution is 7.99. The van der Waals surface area contributed by atoms with E-state index in [0.717, 1.165) is 49.8 Å². The maximum atomic E-state index is 12.5. The highest BCUT2D eigenvalue weighted by atomic mass is 32.2. The lowest BCUT2D eigenvalue weighted by molar-refractivity contribution is -0.129. The highest BCUT2D eigenvalue weighted by Gasteiger charge is 2.20. The second-order valence-electron chi connectivity index (χ2n) is 6.71. The van der Waals surface area contributed by atoms with Crippen molar-refractivity contribution in [1.29, 1.82) is 0 Å². The first-order valence-electron chi connectivity index (χ1n) is 9.23. The Hall–Kier alpha value is -1.53. The number of unbranched alkanes of at least 4 members (excludes halogenated alkanes) is 2. The van der Waals surface area contributed by atoms with Gasteiger partial charge in [-0.15, -0.1) is 0 Å². The minimum absolute atomic E-state index is 0.227. The molecule has 2 aromatic rings. The van der Waals surface area contributed by atoms with Gasteiger partial charge in [0.2, 0.25) is 5.91 Å². The fraction of sp³-hybridized carbons (Fsp3) is 0.579. The van der Waals surface area contributed by atoms with E-state index in [1.54, 1.807) is 11.8 Å². The summed E-state index contributed by atoms with van der Waals surface area (Å²) in [5.74, 6) is 0.700. The lowest BCUT2D eigenvalue weighted by Gasteiger charge is -2.32. The number of carbonyl (C=O) groups is 1. The molecule has 3 rings (SSSR count). The SMILES string of the molecule is CCCCCn1c(SCC(=O)N2CCN(C)CC2)nc2ccccc21. The molecule has 25 heavy (non-hydrogen) atoms. The number of aryl methyl sites for hydroxylation is 1. The molecule has 136 valence electrons. The van der Waals surface area contributed by atoms with E-state index < -0.39 is 0 Å². The van der Waals surface area contributed by atoms with Crippen molar-refractivity contribution in [2.45, 2.75) is 37.9 Å². The Morgan fingerprint density at radius 3 is 2.68 bits per heavy atom. The predicted molar refractivity (Wildman–Crippen MR) is 104 cm³/mol. The molecule has 1 aliphatic rings. The van der Waals surface area contributed by atoms with Crippen LogP contribution >= 0.6 is 11.8 Å². The maximum Gasteiger partial charge on any atom is 0.233 e. The van der Waals surface area contributed by atoms with Gasteiger partial charge in [0.05, 0.1) is 16.8 Å². The molecular weight excluding hydrogens is 332 g/mol. The van der Waals surface area contributed by atoms with Gasteiger partial charge in [-0.3, -0.25) is 4.79 Å². The van der Waals surface area contributed by atoms with Crippen LogP contribution in [0.3, 0.4) is 0 Å². The summed E-state index contributed by atoms with van der Waals surface area (Å²) in [5.41, 5.74) is 2.20. The molecule has 6 heteroatoms. The zero-order valence-corrected chi connectivity index (χ0v) is 16.1. The summed E-state index contributed by atoms with van der Waals surface area (Å²) in [5, 5.41) is 0.972. The summed E-state index contributed by atoms with van der Waals surface area (Å²) >= 11 is 1.58. The van der Waals surface area contributed by atoms with Gasteiger partial charge in [0.15, 0.2) is 5.16 Å². The average Bonchev–Trinajstić information content (AvgIpc) is 2.98. The lowest BCUT2D eigenvalue weighted by Crippen LogP contribution is -2.47. The van der Waals surface area contributed by atoms with Gasteiger partial charge in [0.1, 0.15) is 0 Å². The molecule has 0 aliphatic carbocycles. The number of thioether (sulfide) groups is 1. The molecule has 1 amide bonds. The van der Waals surface area contributed by atoms with Crippen LogP contribution in [0, 0.1) is 0 Å². The number of hydrogen-bond acceptors (Lipinski definition) is 4. The highest BCUT2D eigenvalue weighted by Crippen LogP contribution is 2.25. The molecule has 2 heterocycles. The number of carbonyl (C=O) groups excluding carboxylic acids is 1. The zero-order valence-electron chi connectivity index (χ0n) is 15.3. The number of nitrogens with zero attached hydrogens (tertiary/aromatic N) is 4. The Labute approximate surface area is 154 Å². The van der Waals surface area contributed by atoms with Crippen LogP contribution in [0.15, 0.2) is 29.4 Å². The molecule has 0 saturated carbocycles. The molecule has 0 bridgehead atoms. The summed E-state index contributed by atoms with van der Waals surface area (Å²) in [6.45, 7) is 6.79. The molecule has 0 unspecified atom stereocenters. The number of para-hydroxylation sites is 2. The Bertz CT molecular complexity index is 707. The Morgan fingerprint density at radius 2 is 1.92 bits per heavy atom. The largest absolute Gasteiger partial charge is 0.339 e. The molecular formula is C19H28N4OS. The third-order valence-corrected chi connectivity index (χ3v) is 5.75. The van der Waals surface area contributed by atoms with Gasteiger partial charge in [-0.05, 0) is 25.6 Å². The topological polar surface area (TPSA) is 41.4 Å². The Balaban J connectivity index is 1.67. The van der Waals surface area contributed by atoms with Crippen LogP contribution < -0.4 is 0 Å². The van der Waals surface area contributed by atoms with E-state index in [1.165, 1.54) is 18.4 Å². The first kappa shape index (κ1) is 18.3. The molecule has 5 nitrogen and oxygen atoms in total. The molecule has 1 aromatic heterocycles. The molecule has 1 fully saturated rings. The van der Waals surface area contributed by atoms with Gasteiger partial charge in [-0.25, -0.2) is 4.98 Å². The quantitative estimate of drug-likeness (QED) is 0.562. The van der Waals surface area contributed by atoms with E-state index in [4.69, 9.17) is 4.98 Å². The van der Waals surface area contributed by atoms with E-state index in [1.807, 2.05) is 11.0 Å². The first-order valence-corrected chi connectivity index (χ1v) is 10.2. The van der Waals surface area contributed by atoms with Crippen LogP contribution in [0.4, 0.5) is 0 Å². The second kappa shape index (κ2) is 8.72. The molecule has 1 aromatic carbocycles. The third kappa shape index (κ3) is 4.55. The van der Waals surface area contributed by atoms with Crippen molar-refractivity contribution in [2.75, 3.05) is 39.0 Å².